The van der Waals surface area contributed by atoms with Crippen molar-refractivity contribution in [3.05, 3.63) is 243 Å². The van der Waals surface area contributed by atoms with Crippen LogP contribution in [0.5, 0.6) is 0 Å². The average Bonchev–Trinajstić information content (AvgIpc) is 3.95. The molecule has 0 atom stereocenters. The SMILES string of the molecule is c1ccc(-c2ccc(-c3nc(-c4ccc(-c5ccccc5)cc4)nc(-c4cccc5oc6cc7c(cc6c45)c4ccccc4n7-c4ccc(-c5cccc(-c6ccccc6)c5)cc4)n3)cc2)cc1. The van der Waals surface area contributed by atoms with Gasteiger partial charge in [0.1, 0.15) is 11.2 Å². The Labute approximate surface area is 392 Å². The van der Waals surface area contributed by atoms with Crippen molar-refractivity contribution < 1.29 is 4.42 Å². The maximum atomic E-state index is 6.79. The third kappa shape index (κ3) is 6.93. The third-order valence-electron chi connectivity index (χ3n) is 13.1. The highest BCUT2D eigenvalue weighted by Gasteiger charge is 2.21. The molecule has 318 valence electrons. The highest BCUT2D eigenvalue weighted by atomic mass is 16.3. The van der Waals surface area contributed by atoms with Gasteiger partial charge in [-0.15, -0.1) is 0 Å². The monoisotopic (exact) mass is 868 g/mol. The van der Waals surface area contributed by atoms with E-state index in [0.29, 0.717) is 17.5 Å². The number of nitrogens with zero attached hydrogens (tertiary/aromatic N) is 4. The van der Waals surface area contributed by atoms with Crippen LogP contribution in [0.25, 0.3) is 128 Å². The largest absolute Gasteiger partial charge is 0.456 e. The van der Waals surface area contributed by atoms with E-state index in [2.05, 4.69) is 223 Å². The fourth-order valence-electron chi connectivity index (χ4n) is 9.70. The number of furan rings is 1. The van der Waals surface area contributed by atoms with Gasteiger partial charge < -0.3 is 8.98 Å². The summed E-state index contributed by atoms with van der Waals surface area (Å²) in [6, 6.07) is 85.2. The van der Waals surface area contributed by atoms with Crippen LogP contribution in [0.4, 0.5) is 0 Å². The lowest BCUT2D eigenvalue weighted by molar-refractivity contribution is 0.669. The van der Waals surface area contributed by atoms with Gasteiger partial charge in [-0.3, -0.25) is 0 Å². The van der Waals surface area contributed by atoms with Gasteiger partial charge in [-0.1, -0.05) is 200 Å². The molecule has 3 aromatic heterocycles. The van der Waals surface area contributed by atoms with Crippen molar-refractivity contribution in [1.29, 1.82) is 0 Å². The van der Waals surface area contributed by atoms with Gasteiger partial charge in [-0.2, -0.15) is 0 Å². The molecule has 0 N–H and O–H groups in total. The van der Waals surface area contributed by atoms with Crippen LogP contribution in [-0.4, -0.2) is 19.5 Å². The van der Waals surface area contributed by atoms with Crippen LogP contribution in [0.2, 0.25) is 0 Å². The van der Waals surface area contributed by atoms with E-state index in [9.17, 15) is 0 Å². The summed E-state index contributed by atoms with van der Waals surface area (Å²) in [7, 11) is 0. The summed E-state index contributed by atoms with van der Waals surface area (Å²) in [5.41, 5.74) is 16.8. The first-order valence-corrected chi connectivity index (χ1v) is 22.9. The zero-order chi connectivity index (χ0) is 45.0. The van der Waals surface area contributed by atoms with Crippen molar-refractivity contribution in [3.8, 4) is 84.4 Å². The maximum absolute atomic E-state index is 6.79. The van der Waals surface area contributed by atoms with E-state index in [1.807, 2.05) is 24.3 Å². The number of benzene rings is 10. The minimum Gasteiger partial charge on any atom is -0.456 e. The van der Waals surface area contributed by atoms with E-state index in [4.69, 9.17) is 19.4 Å². The minimum atomic E-state index is 0.578. The van der Waals surface area contributed by atoms with Gasteiger partial charge in [-0.25, -0.2) is 15.0 Å². The lowest BCUT2D eigenvalue weighted by atomic mass is 9.99. The summed E-state index contributed by atoms with van der Waals surface area (Å²) in [5.74, 6) is 1.78. The van der Waals surface area contributed by atoms with E-state index in [0.717, 1.165) is 88.6 Å². The second-order valence-corrected chi connectivity index (χ2v) is 17.2. The standard InChI is InChI=1S/C63H40N4O/c1-4-14-41(15-5-1)44-26-30-47(31-27-44)61-64-62(48-32-28-45(29-33-48)42-16-6-2-7-17-42)66-63(65-61)53-23-13-25-58-60(53)55-39-54-52-22-10-11-24-56(52)67(57(54)40-59(55)68-58)51-36-34-46(35-37-51)50-21-12-20-49(38-50)43-18-8-3-9-19-43/h1-40H. The van der Waals surface area contributed by atoms with Gasteiger partial charge in [0.05, 0.1) is 11.0 Å². The molecule has 0 radical (unpaired) electrons. The zero-order valence-electron chi connectivity index (χ0n) is 36.8. The van der Waals surface area contributed by atoms with Crippen LogP contribution in [0, 0.1) is 0 Å². The summed E-state index contributed by atoms with van der Waals surface area (Å²) < 4.78 is 9.14. The fraction of sp³-hybridized carbons (Fsp3) is 0. The van der Waals surface area contributed by atoms with E-state index < -0.39 is 0 Å². The van der Waals surface area contributed by atoms with Gasteiger partial charge in [0.2, 0.25) is 0 Å². The molecule has 13 aromatic rings. The third-order valence-corrected chi connectivity index (χ3v) is 13.1. The van der Waals surface area contributed by atoms with Gasteiger partial charge >= 0.3 is 0 Å². The molecular formula is C63H40N4O. The second-order valence-electron chi connectivity index (χ2n) is 17.2. The molecule has 0 fully saturated rings. The smallest absolute Gasteiger partial charge is 0.164 e. The molecule has 5 nitrogen and oxygen atoms in total. The molecule has 0 saturated carbocycles. The molecule has 3 heterocycles. The molecule has 0 spiro atoms. The summed E-state index contributed by atoms with van der Waals surface area (Å²) in [6.07, 6.45) is 0. The van der Waals surface area contributed by atoms with Crippen LogP contribution in [0.1, 0.15) is 0 Å². The molecule has 0 bridgehead atoms. The Morgan fingerprint density at radius 1 is 0.279 bits per heavy atom. The number of hydrogen-bond donors (Lipinski definition) is 0. The molecular weight excluding hydrogens is 829 g/mol. The summed E-state index contributed by atoms with van der Waals surface area (Å²) in [5, 5.41) is 4.27. The Bertz CT molecular complexity index is 3870. The van der Waals surface area contributed by atoms with E-state index >= 15 is 0 Å². The molecule has 10 aromatic carbocycles. The fourth-order valence-corrected chi connectivity index (χ4v) is 9.70. The predicted molar refractivity (Wildman–Crippen MR) is 279 cm³/mol. The number of rotatable bonds is 8. The zero-order valence-corrected chi connectivity index (χ0v) is 36.8. The van der Waals surface area contributed by atoms with Gasteiger partial charge in [0, 0.05) is 50.0 Å². The number of fused-ring (bicyclic) bond motifs is 6. The number of hydrogen-bond acceptors (Lipinski definition) is 4. The predicted octanol–water partition coefficient (Wildman–Crippen LogP) is 16.5. The quantitative estimate of drug-likeness (QED) is 0.153. The van der Waals surface area contributed by atoms with Crippen molar-refractivity contribution in [2.75, 3.05) is 0 Å². The van der Waals surface area contributed by atoms with Crippen LogP contribution >= 0.6 is 0 Å². The summed E-state index contributed by atoms with van der Waals surface area (Å²) >= 11 is 0. The van der Waals surface area contributed by atoms with Crippen LogP contribution in [-0.2, 0) is 0 Å². The molecule has 0 unspecified atom stereocenters. The molecule has 0 aliphatic carbocycles. The summed E-state index contributed by atoms with van der Waals surface area (Å²) in [6.45, 7) is 0. The van der Waals surface area contributed by atoms with Crippen molar-refractivity contribution in [2.45, 2.75) is 0 Å². The molecule has 68 heavy (non-hydrogen) atoms. The summed E-state index contributed by atoms with van der Waals surface area (Å²) in [4.78, 5) is 15.6. The minimum absolute atomic E-state index is 0.578. The number of para-hydroxylation sites is 1. The van der Waals surface area contributed by atoms with Crippen LogP contribution < -0.4 is 0 Å². The molecule has 0 aliphatic rings. The van der Waals surface area contributed by atoms with Crippen molar-refractivity contribution >= 4 is 43.7 Å². The highest BCUT2D eigenvalue weighted by molar-refractivity contribution is 6.19. The first-order chi connectivity index (χ1) is 33.7. The Balaban J connectivity index is 0.940. The van der Waals surface area contributed by atoms with E-state index in [-0.39, 0.29) is 0 Å². The van der Waals surface area contributed by atoms with Crippen molar-refractivity contribution in [2.24, 2.45) is 0 Å². The first-order valence-electron chi connectivity index (χ1n) is 22.9. The van der Waals surface area contributed by atoms with Crippen LogP contribution in [0.15, 0.2) is 247 Å². The average molecular weight is 869 g/mol. The Morgan fingerprint density at radius 3 is 1.34 bits per heavy atom. The van der Waals surface area contributed by atoms with Gasteiger partial charge in [0.25, 0.3) is 0 Å². The normalized spacial score (nSPS) is 11.5. The van der Waals surface area contributed by atoms with Crippen molar-refractivity contribution in [3.63, 3.8) is 0 Å². The molecule has 13 rings (SSSR count). The van der Waals surface area contributed by atoms with E-state index in [1.165, 1.54) is 22.1 Å². The first kappa shape index (κ1) is 39.2. The van der Waals surface area contributed by atoms with E-state index in [1.54, 1.807) is 0 Å². The number of aromatic nitrogens is 4. The maximum Gasteiger partial charge on any atom is 0.164 e. The lowest BCUT2D eigenvalue weighted by Crippen LogP contribution is -2.00. The highest BCUT2D eigenvalue weighted by Crippen LogP contribution is 2.42. The van der Waals surface area contributed by atoms with Gasteiger partial charge in [0.15, 0.2) is 17.5 Å². The van der Waals surface area contributed by atoms with Crippen molar-refractivity contribution in [1.82, 2.24) is 19.5 Å². The molecule has 0 amide bonds. The topological polar surface area (TPSA) is 56.7 Å². The molecule has 0 aliphatic heterocycles. The lowest BCUT2D eigenvalue weighted by Gasteiger charge is -2.11. The second kappa shape index (κ2) is 16.4. The Morgan fingerprint density at radius 2 is 0.735 bits per heavy atom. The van der Waals surface area contributed by atoms with Gasteiger partial charge in [-0.05, 0) is 80.9 Å². The van der Waals surface area contributed by atoms with Crippen LogP contribution in [0.3, 0.4) is 0 Å². The Kier molecular flexibility index (Phi) is 9.43. The molecule has 0 saturated heterocycles. The molecule has 5 heteroatoms. The Hall–Kier alpha value is -9.19.